The molecule has 4 nitrogen and oxygen atoms in total. The van der Waals surface area contributed by atoms with Crippen LogP contribution < -0.4 is 5.32 Å². The van der Waals surface area contributed by atoms with Gasteiger partial charge in [-0.15, -0.1) is 0 Å². The van der Waals surface area contributed by atoms with E-state index in [9.17, 15) is 5.11 Å². The number of para-hydroxylation sites is 2. The van der Waals surface area contributed by atoms with E-state index in [-0.39, 0.29) is 6.10 Å². The molecule has 1 fully saturated rings. The van der Waals surface area contributed by atoms with Crippen molar-refractivity contribution in [3.05, 3.63) is 58.1 Å². The number of aliphatic hydroxyl groups excluding tert-OH is 1. The molecule has 0 bridgehead atoms. The third-order valence-corrected chi connectivity index (χ3v) is 5.61. The second kappa shape index (κ2) is 7.47. The summed E-state index contributed by atoms with van der Waals surface area (Å²) in [6, 6.07) is 14.0. The fourth-order valence-corrected chi connectivity index (χ4v) is 4.04. The van der Waals surface area contributed by atoms with E-state index in [0.29, 0.717) is 22.6 Å². The zero-order valence-corrected chi connectivity index (χ0v) is 15.8. The molecule has 0 unspecified atom stereocenters. The molecule has 0 atom stereocenters. The van der Waals surface area contributed by atoms with Gasteiger partial charge in [-0.3, -0.25) is 0 Å². The SMILES string of the molecule is OC1CCC(Nc2nc3ccccc3n2Cc2ccc(Cl)cc2Cl)CC1. The van der Waals surface area contributed by atoms with Crippen molar-refractivity contribution in [1.82, 2.24) is 9.55 Å². The largest absolute Gasteiger partial charge is 0.393 e. The van der Waals surface area contributed by atoms with Crippen molar-refractivity contribution in [2.75, 3.05) is 5.32 Å². The van der Waals surface area contributed by atoms with Gasteiger partial charge >= 0.3 is 0 Å². The van der Waals surface area contributed by atoms with Crippen LogP contribution in [-0.4, -0.2) is 26.8 Å². The Morgan fingerprint density at radius 2 is 1.85 bits per heavy atom. The number of imidazole rings is 1. The van der Waals surface area contributed by atoms with Crippen molar-refractivity contribution in [3.8, 4) is 0 Å². The molecule has 4 rings (SSSR count). The Morgan fingerprint density at radius 1 is 1.08 bits per heavy atom. The number of anilines is 1. The van der Waals surface area contributed by atoms with Crippen LogP contribution in [0.2, 0.25) is 10.0 Å². The van der Waals surface area contributed by atoms with Crippen molar-refractivity contribution in [1.29, 1.82) is 0 Å². The number of rotatable bonds is 4. The third-order valence-electron chi connectivity index (χ3n) is 5.03. The van der Waals surface area contributed by atoms with Crippen LogP contribution in [0, 0.1) is 0 Å². The number of halogens is 2. The van der Waals surface area contributed by atoms with E-state index < -0.39 is 0 Å². The molecular formula is C20H21Cl2N3O. The Hall–Kier alpha value is -1.75. The lowest BCUT2D eigenvalue weighted by Gasteiger charge is -2.27. The second-order valence-corrected chi connectivity index (χ2v) is 7.74. The maximum Gasteiger partial charge on any atom is 0.204 e. The van der Waals surface area contributed by atoms with Crippen LogP contribution in [0.25, 0.3) is 11.0 Å². The fourth-order valence-electron chi connectivity index (χ4n) is 3.57. The molecule has 1 saturated carbocycles. The van der Waals surface area contributed by atoms with Gasteiger partial charge in [0.05, 0.1) is 23.7 Å². The summed E-state index contributed by atoms with van der Waals surface area (Å²) < 4.78 is 2.16. The highest BCUT2D eigenvalue weighted by atomic mass is 35.5. The third kappa shape index (κ3) is 3.68. The number of aliphatic hydroxyl groups is 1. The van der Waals surface area contributed by atoms with Gasteiger partial charge in [-0.2, -0.15) is 0 Å². The van der Waals surface area contributed by atoms with Crippen LogP contribution >= 0.6 is 23.2 Å². The highest BCUT2D eigenvalue weighted by molar-refractivity contribution is 6.35. The van der Waals surface area contributed by atoms with Crippen LogP contribution in [-0.2, 0) is 6.54 Å². The summed E-state index contributed by atoms with van der Waals surface area (Å²) >= 11 is 12.4. The summed E-state index contributed by atoms with van der Waals surface area (Å²) in [7, 11) is 0. The summed E-state index contributed by atoms with van der Waals surface area (Å²) in [5.74, 6) is 0.846. The van der Waals surface area contributed by atoms with Gasteiger partial charge in [0.2, 0.25) is 5.95 Å². The molecular weight excluding hydrogens is 369 g/mol. The zero-order chi connectivity index (χ0) is 18.1. The molecule has 2 aromatic carbocycles. The molecule has 3 aromatic rings. The summed E-state index contributed by atoms with van der Waals surface area (Å²) in [4.78, 5) is 4.79. The van der Waals surface area contributed by atoms with Crippen molar-refractivity contribution in [3.63, 3.8) is 0 Å². The minimum atomic E-state index is -0.167. The van der Waals surface area contributed by atoms with E-state index in [1.54, 1.807) is 6.07 Å². The highest BCUT2D eigenvalue weighted by Gasteiger charge is 2.21. The van der Waals surface area contributed by atoms with Crippen LogP contribution in [0.5, 0.6) is 0 Å². The summed E-state index contributed by atoms with van der Waals surface area (Å²) in [5, 5.41) is 14.6. The minimum Gasteiger partial charge on any atom is -0.393 e. The van der Waals surface area contributed by atoms with E-state index >= 15 is 0 Å². The van der Waals surface area contributed by atoms with E-state index in [0.717, 1.165) is 48.2 Å². The lowest BCUT2D eigenvalue weighted by molar-refractivity contribution is 0.126. The first-order valence-electron chi connectivity index (χ1n) is 8.94. The second-order valence-electron chi connectivity index (χ2n) is 6.90. The van der Waals surface area contributed by atoms with Crippen LogP contribution in [0.3, 0.4) is 0 Å². The summed E-state index contributed by atoms with van der Waals surface area (Å²) in [6.07, 6.45) is 3.40. The molecule has 0 radical (unpaired) electrons. The minimum absolute atomic E-state index is 0.167. The molecule has 26 heavy (non-hydrogen) atoms. The van der Waals surface area contributed by atoms with Gasteiger partial charge in [0.1, 0.15) is 0 Å². The maximum atomic E-state index is 9.74. The number of fused-ring (bicyclic) bond motifs is 1. The van der Waals surface area contributed by atoms with Crippen molar-refractivity contribution in [2.45, 2.75) is 44.4 Å². The van der Waals surface area contributed by atoms with E-state index in [4.69, 9.17) is 28.2 Å². The molecule has 2 N–H and O–H groups in total. The van der Waals surface area contributed by atoms with Crippen molar-refractivity contribution >= 4 is 40.2 Å². The first-order chi connectivity index (χ1) is 12.6. The molecule has 0 aliphatic heterocycles. The van der Waals surface area contributed by atoms with Crippen molar-refractivity contribution < 1.29 is 5.11 Å². The monoisotopic (exact) mass is 389 g/mol. The molecule has 1 aliphatic rings. The number of aromatic nitrogens is 2. The Kier molecular flexibility index (Phi) is 5.07. The van der Waals surface area contributed by atoms with E-state index in [1.165, 1.54) is 0 Å². The summed E-state index contributed by atoms with van der Waals surface area (Å²) in [5.41, 5.74) is 3.02. The Morgan fingerprint density at radius 3 is 2.62 bits per heavy atom. The first-order valence-corrected chi connectivity index (χ1v) is 9.69. The standard InChI is InChI=1S/C20H21Cl2N3O/c21-14-6-5-13(17(22)11-14)12-25-19-4-2-1-3-18(19)24-20(25)23-15-7-9-16(26)10-8-15/h1-6,11,15-16,26H,7-10,12H2,(H,23,24). The van der Waals surface area contributed by atoms with Crippen LogP contribution in [0.1, 0.15) is 31.2 Å². The molecule has 0 spiro atoms. The first kappa shape index (κ1) is 17.7. The maximum absolute atomic E-state index is 9.74. The van der Waals surface area contributed by atoms with Gasteiger partial charge in [-0.1, -0.05) is 41.4 Å². The predicted octanol–water partition coefficient (Wildman–Crippen LogP) is 5.11. The topological polar surface area (TPSA) is 50.1 Å². The quantitative estimate of drug-likeness (QED) is 0.651. The average molecular weight is 390 g/mol. The molecule has 1 aliphatic carbocycles. The van der Waals surface area contributed by atoms with Gasteiger partial charge in [0, 0.05) is 16.1 Å². The van der Waals surface area contributed by atoms with E-state index in [1.807, 2.05) is 30.3 Å². The number of benzene rings is 2. The average Bonchev–Trinajstić information content (AvgIpc) is 2.97. The van der Waals surface area contributed by atoms with Crippen molar-refractivity contribution in [2.24, 2.45) is 0 Å². The summed E-state index contributed by atoms with van der Waals surface area (Å²) in [6.45, 7) is 0.619. The molecule has 0 saturated heterocycles. The Bertz CT molecular complexity index is 917. The van der Waals surface area contributed by atoms with Crippen LogP contribution in [0.15, 0.2) is 42.5 Å². The lowest BCUT2D eigenvalue weighted by Crippen LogP contribution is -2.29. The zero-order valence-electron chi connectivity index (χ0n) is 14.3. The molecule has 6 heteroatoms. The molecule has 1 aromatic heterocycles. The van der Waals surface area contributed by atoms with Gasteiger partial charge in [0.25, 0.3) is 0 Å². The van der Waals surface area contributed by atoms with Gasteiger partial charge in [0.15, 0.2) is 0 Å². The fraction of sp³-hybridized carbons (Fsp3) is 0.350. The van der Waals surface area contributed by atoms with Gasteiger partial charge < -0.3 is 15.0 Å². The van der Waals surface area contributed by atoms with Crippen LogP contribution in [0.4, 0.5) is 5.95 Å². The van der Waals surface area contributed by atoms with E-state index in [2.05, 4.69) is 16.0 Å². The Labute approximate surface area is 162 Å². The number of hydrogen-bond donors (Lipinski definition) is 2. The number of nitrogens with one attached hydrogen (secondary N) is 1. The molecule has 1 heterocycles. The smallest absolute Gasteiger partial charge is 0.204 e. The molecule has 136 valence electrons. The highest BCUT2D eigenvalue weighted by Crippen LogP contribution is 2.28. The normalized spacial score (nSPS) is 20.4. The lowest BCUT2D eigenvalue weighted by atomic mass is 9.93. The predicted molar refractivity (Wildman–Crippen MR) is 107 cm³/mol. The Balaban J connectivity index is 1.67. The number of nitrogens with zero attached hydrogens (tertiary/aromatic N) is 2. The molecule has 0 amide bonds. The number of hydrogen-bond acceptors (Lipinski definition) is 3. The van der Waals surface area contributed by atoms with Gasteiger partial charge in [-0.25, -0.2) is 4.98 Å². The van der Waals surface area contributed by atoms with Gasteiger partial charge in [-0.05, 0) is 55.5 Å².